The summed E-state index contributed by atoms with van der Waals surface area (Å²) in [6.07, 6.45) is 2.89. The van der Waals surface area contributed by atoms with E-state index in [1.807, 2.05) is 0 Å². The molecule has 0 aromatic heterocycles. The first-order valence-electron chi connectivity index (χ1n) is 3.34. The highest BCUT2D eigenvalue weighted by atomic mass is 35.5. The first kappa shape index (κ1) is 11.9. The van der Waals surface area contributed by atoms with E-state index in [-0.39, 0.29) is 12.8 Å². The van der Waals surface area contributed by atoms with E-state index in [0.29, 0.717) is 0 Å². The van der Waals surface area contributed by atoms with E-state index in [1.54, 1.807) is 0 Å². The molecular weight excluding hydrogens is 199 g/mol. The maximum absolute atomic E-state index is 10.9. The van der Waals surface area contributed by atoms with Crippen molar-refractivity contribution in [1.82, 2.24) is 0 Å². The van der Waals surface area contributed by atoms with Gasteiger partial charge in [-0.3, -0.25) is 4.57 Å². The van der Waals surface area contributed by atoms with Gasteiger partial charge in [0.2, 0.25) is 0 Å². The Morgan fingerprint density at radius 3 is 1.83 bits per heavy atom. The Hall–Kier alpha value is -0.0800. The fraction of sp³-hybridized carbons (Fsp3) is 0.429. The van der Waals surface area contributed by atoms with Crippen LogP contribution in [0.1, 0.15) is 12.8 Å². The molecule has 0 heterocycles. The minimum absolute atomic E-state index is 0.0604. The third-order valence-electron chi connectivity index (χ3n) is 1.44. The zero-order valence-corrected chi connectivity index (χ0v) is 8.26. The Bertz CT molecular complexity index is 211. The van der Waals surface area contributed by atoms with Crippen LogP contribution in [0, 0.1) is 0 Å². The summed E-state index contributed by atoms with van der Waals surface area (Å²) in [5.74, 6) is 0. The minimum atomic E-state index is -4.30. The van der Waals surface area contributed by atoms with Gasteiger partial charge in [-0.2, -0.15) is 0 Å². The van der Waals surface area contributed by atoms with Crippen LogP contribution in [0.25, 0.3) is 0 Å². The van der Waals surface area contributed by atoms with E-state index >= 15 is 0 Å². The molecule has 0 atom stereocenters. The normalized spacial score (nSPS) is 12.6. The fourth-order valence-corrected chi connectivity index (χ4v) is 1.72. The van der Waals surface area contributed by atoms with Gasteiger partial charge in [0.05, 0.1) is 0 Å². The minimum Gasteiger partial charge on any atom is -0.323 e. The van der Waals surface area contributed by atoms with Crippen molar-refractivity contribution in [3.8, 4) is 0 Å². The summed E-state index contributed by atoms with van der Waals surface area (Å²) >= 11 is 5.71. The van der Waals surface area contributed by atoms with Gasteiger partial charge in [0, 0.05) is 0 Å². The molecule has 5 heteroatoms. The Morgan fingerprint density at radius 2 is 1.67 bits per heavy atom. The van der Waals surface area contributed by atoms with Crippen molar-refractivity contribution >= 4 is 19.2 Å². The summed E-state index contributed by atoms with van der Waals surface area (Å²) in [6.45, 7) is 6.76. The van der Waals surface area contributed by atoms with E-state index in [0.717, 1.165) is 0 Å². The lowest BCUT2D eigenvalue weighted by atomic mass is 10.2. The maximum atomic E-state index is 10.9. The van der Waals surface area contributed by atoms with Gasteiger partial charge in [-0.15, -0.1) is 24.8 Å². The molecule has 0 aliphatic heterocycles. The Morgan fingerprint density at radius 1 is 1.33 bits per heavy atom. The van der Waals surface area contributed by atoms with Crippen LogP contribution in [0.2, 0.25) is 0 Å². The second kappa shape index (κ2) is 4.24. The lowest BCUT2D eigenvalue weighted by molar-refractivity contribution is 0.349. The molecule has 0 aliphatic rings. The molecule has 0 spiro atoms. The zero-order valence-electron chi connectivity index (χ0n) is 6.61. The third-order valence-corrected chi connectivity index (χ3v) is 3.81. The smallest absolute Gasteiger partial charge is 0.323 e. The van der Waals surface area contributed by atoms with E-state index in [2.05, 4.69) is 13.2 Å². The topological polar surface area (TPSA) is 57.5 Å². The van der Waals surface area contributed by atoms with Gasteiger partial charge in [-0.05, 0) is 12.8 Å². The molecule has 0 fully saturated rings. The first-order chi connectivity index (χ1) is 5.37. The van der Waals surface area contributed by atoms with Gasteiger partial charge in [0.15, 0.2) is 4.62 Å². The summed E-state index contributed by atoms with van der Waals surface area (Å²) in [7, 11) is -4.30. The number of halogens is 1. The van der Waals surface area contributed by atoms with Crippen molar-refractivity contribution < 1.29 is 14.4 Å². The lowest BCUT2D eigenvalue weighted by Crippen LogP contribution is -2.19. The molecule has 0 radical (unpaired) electrons. The maximum Gasteiger partial charge on any atom is 0.346 e. The fourth-order valence-electron chi connectivity index (χ4n) is 0.764. The largest absolute Gasteiger partial charge is 0.346 e. The van der Waals surface area contributed by atoms with Crippen molar-refractivity contribution in [2.24, 2.45) is 0 Å². The Labute approximate surface area is 76.9 Å². The van der Waals surface area contributed by atoms with E-state index in [1.165, 1.54) is 12.2 Å². The zero-order chi connectivity index (χ0) is 9.83. The number of allylic oxidation sites excluding steroid dienone is 2. The van der Waals surface area contributed by atoms with Crippen LogP contribution in [-0.2, 0) is 4.57 Å². The second-order valence-electron chi connectivity index (χ2n) is 2.45. The van der Waals surface area contributed by atoms with Gasteiger partial charge in [0.25, 0.3) is 0 Å². The molecule has 0 rings (SSSR count). The molecular formula is C7H12ClO3P. The van der Waals surface area contributed by atoms with Crippen molar-refractivity contribution in [1.29, 1.82) is 0 Å². The standard InChI is InChI=1S/C7H12ClO3P/c1-3-5-7(8,6-4-2)12(9,10)11/h3-4H,1-2,5-6H2,(H2,9,10,11). The average Bonchev–Trinajstić information content (AvgIpc) is 1.86. The first-order valence-corrected chi connectivity index (χ1v) is 5.33. The van der Waals surface area contributed by atoms with Crippen molar-refractivity contribution in [3.63, 3.8) is 0 Å². The molecule has 12 heavy (non-hydrogen) atoms. The van der Waals surface area contributed by atoms with Gasteiger partial charge in [0.1, 0.15) is 0 Å². The highest BCUT2D eigenvalue weighted by molar-refractivity contribution is 7.55. The molecule has 0 unspecified atom stereocenters. The molecule has 0 saturated heterocycles. The van der Waals surface area contributed by atoms with Crippen LogP contribution in [0.4, 0.5) is 0 Å². The molecule has 0 aromatic rings. The van der Waals surface area contributed by atoms with Crippen molar-refractivity contribution in [3.05, 3.63) is 25.3 Å². The van der Waals surface area contributed by atoms with Crippen LogP contribution >= 0.6 is 19.2 Å². The molecule has 0 aliphatic carbocycles. The van der Waals surface area contributed by atoms with Gasteiger partial charge in [-0.1, -0.05) is 12.2 Å². The van der Waals surface area contributed by atoms with E-state index in [4.69, 9.17) is 21.4 Å². The van der Waals surface area contributed by atoms with Crippen LogP contribution in [0.15, 0.2) is 25.3 Å². The number of alkyl halides is 1. The highest BCUT2D eigenvalue weighted by Crippen LogP contribution is 2.57. The lowest BCUT2D eigenvalue weighted by Gasteiger charge is -2.24. The predicted molar refractivity (Wildman–Crippen MR) is 50.3 cm³/mol. The summed E-state index contributed by atoms with van der Waals surface area (Å²) in [5, 5.41) is 0. The number of rotatable bonds is 5. The van der Waals surface area contributed by atoms with E-state index in [9.17, 15) is 4.57 Å². The highest BCUT2D eigenvalue weighted by Gasteiger charge is 2.42. The SMILES string of the molecule is C=CCC(Cl)(CC=C)P(=O)(O)O. The summed E-state index contributed by atoms with van der Waals surface area (Å²) in [5.41, 5.74) is 0. The predicted octanol–water partition coefficient (Wildman–Crippen LogP) is 2.25. The molecule has 0 bridgehead atoms. The van der Waals surface area contributed by atoms with Crippen LogP contribution < -0.4 is 0 Å². The number of hydrogen-bond acceptors (Lipinski definition) is 1. The summed E-state index contributed by atoms with van der Waals surface area (Å²) < 4.78 is 9.34. The number of hydrogen-bond donors (Lipinski definition) is 2. The van der Waals surface area contributed by atoms with Gasteiger partial charge < -0.3 is 9.79 Å². The molecule has 0 amide bonds. The van der Waals surface area contributed by atoms with Crippen LogP contribution in [-0.4, -0.2) is 14.4 Å². The summed E-state index contributed by atoms with van der Waals surface area (Å²) in [6, 6.07) is 0. The van der Waals surface area contributed by atoms with Crippen molar-refractivity contribution in [2.45, 2.75) is 17.5 Å². The molecule has 2 N–H and O–H groups in total. The average molecular weight is 211 g/mol. The molecule has 3 nitrogen and oxygen atoms in total. The molecule has 0 saturated carbocycles. The van der Waals surface area contributed by atoms with Crippen LogP contribution in [0.3, 0.4) is 0 Å². The molecule has 0 aromatic carbocycles. The second-order valence-corrected chi connectivity index (χ2v) is 5.38. The quantitative estimate of drug-likeness (QED) is 0.416. The van der Waals surface area contributed by atoms with Gasteiger partial charge >= 0.3 is 7.60 Å². The molecule has 70 valence electrons. The summed E-state index contributed by atoms with van der Waals surface area (Å²) in [4.78, 5) is 17.8. The van der Waals surface area contributed by atoms with Crippen molar-refractivity contribution in [2.75, 3.05) is 0 Å². The van der Waals surface area contributed by atoms with Crippen LogP contribution in [0.5, 0.6) is 0 Å². The van der Waals surface area contributed by atoms with Gasteiger partial charge in [-0.25, -0.2) is 0 Å². The Kier molecular flexibility index (Phi) is 4.21. The third kappa shape index (κ3) is 2.76. The monoisotopic (exact) mass is 210 g/mol. The Balaban J connectivity index is 4.72. The van der Waals surface area contributed by atoms with E-state index < -0.39 is 12.2 Å².